The maximum atomic E-state index is 2.52. The first-order chi connectivity index (χ1) is 4.79. The molecule has 0 radical (unpaired) electrons. The first kappa shape index (κ1) is 15.6. The number of hydrogen-bond acceptors (Lipinski definition) is 0. The minimum atomic E-state index is -0.619. The van der Waals surface area contributed by atoms with Gasteiger partial charge < -0.3 is 14.9 Å². The van der Waals surface area contributed by atoms with Crippen molar-refractivity contribution in [2.45, 2.75) is 0 Å². The molecule has 0 fully saturated rings. The number of rotatable bonds is 1. The van der Waals surface area contributed by atoms with E-state index in [-0.39, 0.29) is 14.9 Å². The molecule has 0 aliphatic rings. The molecule has 1 rings (SSSR count). The maximum absolute atomic E-state index is 2.52. The van der Waals surface area contributed by atoms with E-state index in [0.29, 0.717) is 0 Å². The van der Waals surface area contributed by atoms with Gasteiger partial charge in [-0.05, 0) is 0 Å². The Labute approximate surface area is 102 Å². The van der Waals surface area contributed by atoms with Gasteiger partial charge in [-0.25, -0.2) is 0 Å². The van der Waals surface area contributed by atoms with Gasteiger partial charge in [-0.1, -0.05) is 0 Å². The molecule has 3 heteroatoms. The Morgan fingerprint density at radius 1 is 1.00 bits per heavy atom. The Morgan fingerprint density at radius 3 is 1.92 bits per heavy atom. The van der Waals surface area contributed by atoms with Crippen LogP contribution in [0, 0.1) is 14.9 Å². The Morgan fingerprint density at radius 2 is 1.50 bits per heavy atom. The summed E-state index contributed by atoms with van der Waals surface area (Å²) in [7, 11) is -0.619. The van der Waals surface area contributed by atoms with Gasteiger partial charge in [-0.15, -0.1) is 0 Å². The Balaban J connectivity index is 0. The van der Waals surface area contributed by atoms with Crippen molar-refractivity contribution in [2.24, 2.45) is 0 Å². The molecule has 0 nitrogen and oxygen atoms in total. The van der Waals surface area contributed by atoms with Gasteiger partial charge in [0.25, 0.3) is 0 Å². The summed E-state index contributed by atoms with van der Waals surface area (Å²) >= 11 is 5.04. The van der Waals surface area contributed by atoms with Crippen molar-refractivity contribution in [3.8, 4) is 0 Å². The van der Waals surface area contributed by atoms with Gasteiger partial charge in [0.1, 0.15) is 0 Å². The van der Waals surface area contributed by atoms with Crippen LogP contribution in [0.1, 0.15) is 5.56 Å². The summed E-state index contributed by atoms with van der Waals surface area (Å²) < 4.78 is 2.37. The van der Waals surface area contributed by atoms with Gasteiger partial charge >= 0.3 is 88.5 Å². The van der Waals surface area contributed by atoms with Crippen LogP contribution in [-0.2, 0) is 8.47 Å². The van der Waals surface area contributed by atoms with Crippen molar-refractivity contribution in [3.63, 3.8) is 0 Å². The summed E-state index contributed by atoms with van der Waals surface area (Å²) in [6.45, 7) is 0. The molecule has 0 spiro atoms. The van der Waals surface area contributed by atoms with Crippen LogP contribution < -0.4 is 0 Å². The summed E-state index contributed by atoms with van der Waals surface area (Å²) in [5.41, 5.74) is 1.37. The Hall–Kier alpha value is 1.17. The van der Waals surface area contributed by atoms with Crippen LogP contribution in [0.25, 0.3) is 0 Å². The average Bonchev–Trinajstić information content (AvgIpc) is 1.88. The third-order valence-electron chi connectivity index (χ3n) is 0.995. The number of halogens is 2. The van der Waals surface area contributed by atoms with Crippen LogP contribution in [0.5, 0.6) is 0 Å². The van der Waals surface area contributed by atoms with Crippen molar-refractivity contribution < 1.29 is 8.47 Å². The number of hydrogen-bond donors (Lipinski definition) is 0. The predicted octanol–water partition coefficient (Wildman–Crippen LogP) is 4.06. The van der Waals surface area contributed by atoms with E-state index in [1.807, 2.05) is 0 Å². The standard InChI is InChI=1S/C7H6.2CH3.2HI.Ru/c1-7-5-3-2-4-6-7;;;;;/h1-6H;2*1H3;2*1H;/q;2*-1;;;+2/p-2. The summed E-state index contributed by atoms with van der Waals surface area (Å²) in [5, 5.41) is 0. The zero-order valence-electron chi connectivity index (χ0n) is 7.07. The van der Waals surface area contributed by atoms with Crippen LogP contribution in [0.4, 0.5) is 0 Å². The normalized spacial score (nSPS) is 9.00. The summed E-state index contributed by atoms with van der Waals surface area (Å²) in [6, 6.07) is 10.5. The molecule has 0 aliphatic heterocycles. The fraction of sp³-hybridized carbons (Fsp3) is 0. The topological polar surface area (TPSA) is 0 Å². The fourth-order valence-corrected chi connectivity index (χ4v) is 4.39. The quantitative estimate of drug-likeness (QED) is 0.327. The fourth-order valence-electron chi connectivity index (χ4n) is 0.610. The molecule has 0 N–H and O–H groups in total. The minimum absolute atomic E-state index is 0. The van der Waals surface area contributed by atoms with E-state index in [2.05, 4.69) is 74.4 Å². The van der Waals surface area contributed by atoms with Gasteiger partial charge in [0.2, 0.25) is 0 Å². The van der Waals surface area contributed by atoms with E-state index in [0.717, 1.165) is 0 Å². The second-order valence-electron chi connectivity index (χ2n) is 1.72. The van der Waals surface area contributed by atoms with Crippen LogP contribution in [0.2, 0.25) is 0 Å². The van der Waals surface area contributed by atoms with E-state index in [1.54, 1.807) is 0 Å². The molecule has 0 aromatic heterocycles. The molecule has 0 amide bonds. The van der Waals surface area contributed by atoms with Gasteiger partial charge in [-0.2, -0.15) is 0 Å². The van der Waals surface area contributed by atoms with E-state index < -0.39 is 8.47 Å². The molecule has 1 aromatic rings. The molecule has 0 saturated carbocycles. The van der Waals surface area contributed by atoms with Crippen LogP contribution in [0.3, 0.4) is 0 Å². The molecule has 0 heterocycles. The molecular formula is C9H12I2Ru-2. The van der Waals surface area contributed by atoms with Crippen molar-refractivity contribution in [1.82, 2.24) is 0 Å². The van der Waals surface area contributed by atoms with E-state index in [1.165, 1.54) is 5.56 Å². The molecule has 0 atom stereocenters. The summed E-state index contributed by atoms with van der Waals surface area (Å²) in [4.78, 5) is 0. The van der Waals surface area contributed by atoms with Crippen LogP contribution >= 0.6 is 39.5 Å². The SMILES string of the molecule is [CH3-].[CH3-].[I][Ru]([I])=[CH]c1ccccc1. The molecular weight excluding hydrogens is 463 g/mol. The van der Waals surface area contributed by atoms with E-state index >= 15 is 0 Å². The van der Waals surface area contributed by atoms with Gasteiger partial charge in [0.15, 0.2) is 0 Å². The zero-order chi connectivity index (χ0) is 7.40. The molecule has 12 heavy (non-hydrogen) atoms. The Kier molecular flexibility index (Phi) is 11.4. The molecule has 72 valence electrons. The van der Waals surface area contributed by atoms with E-state index in [4.69, 9.17) is 0 Å². The third-order valence-corrected chi connectivity index (χ3v) is 4.56. The second kappa shape index (κ2) is 8.76. The third kappa shape index (κ3) is 6.66. The van der Waals surface area contributed by atoms with Crippen molar-refractivity contribution in [1.29, 1.82) is 0 Å². The monoisotopic (exact) mass is 476 g/mol. The molecule has 0 bridgehead atoms. The first-order valence-electron chi connectivity index (χ1n) is 2.67. The molecule has 0 saturated heterocycles. The molecule has 1 aromatic carbocycles. The van der Waals surface area contributed by atoms with Gasteiger partial charge in [0, 0.05) is 0 Å². The summed E-state index contributed by atoms with van der Waals surface area (Å²) in [6.07, 6.45) is 0. The van der Waals surface area contributed by atoms with Crippen LogP contribution in [-0.4, -0.2) is 4.61 Å². The molecule has 0 aliphatic carbocycles. The van der Waals surface area contributed by atoms with Gasteiger partial charge in [0.05, 0.1) is 0 Å². The second-order valence-corrected chi connectivity index (χ2v) is 21.6. The predicted molar refractivity (Wildman–Crippen MR) is 72.5 cm³/mol. The van der Waals surface area contributed by atoms with Crippen molar-refractivity contribution in [2.75, 3.05) is 0 Å². The zero-order valence-corrected chi connectivity index (χ0v) is 13.1. The first-order valence-corrected chi connectivity index (χ1v) is 14.0. The van der Waals surface area contributed by atoms with E-state index in [9.17, 15) is 0 Å². The van der Waals surface area contributed by atoms with Crippen LogP contribution in [0.15, 0.2) is 30.3 Å². The van der Waals surface area contributed by atoms with Gasteiger partial charge in [-0.3, -0.25) is 0 Å². The average molecular weight is 475 g/mol. The Bertz CT molecular complexity index is 228. The summed E-state index contributed by atoms with van der Waals surface area (Å²) in [5.74, 6) is 0. The van der Waals surface area contributed by atoms with Crippen molar-refractivity contribution >= 4 is 44.1 Å². The van der Waals surface area contributed by atoms with Crippen molar-refractivity contribution in [3.05, 3.63) is 50.7 Å². The number of benzene rings is 1. The molecule has 0 unspecified atom stereocenters.